The number of hydrogen-bond donors (Lipinski definition) is 2. The Morgan fingerprint density at radius 2 is 2.33 bits per heavy atom. The number of ether oxygens (including phenoxy) is 1. The molecule has 2 atom stereocenters. The van der Waals surface area contributed by atoms with Crippen LogP contribution in [0.15, 0.2) is 0 Å². The molecule has 5 heteroatoms. The van der Waals surface area contributed by atoms with Crippen LogP contribution in [-0.2, 0) is 9.53 Å². The normalized spacial score (nSPS) is 30.8. The van der Waals surface area contributed by atoms with Gasteiger partial charge >= 0.3 is 5.97 Å². The number of hydrogen-bond acceptors (Lipinski definition) is 4. The van der Waals surface area contributed by atoms with Crippen molar-refractivity contribution in [2.45, 2.75) is 12.2 Å². The topological polar surface area (TPSA) is 70.0 Å². The molecule has 0 spiro atoms. The molecule has 70 valence electrons. The molecule has 1 aliphatic rings. The van der Waals surface area contributed by atoms with Crippen molar-refractivity contribution in [2.75, 3.05) is 26.7 Å². The average Bonchev–Trinajstić information content (AvgIpc) is 2.29. The number of aliphatic hydroxyl groups is 1. The lowest BCUT2D eigenvalue weighted by molar-refractivity contribution is -0.138. The second-order valence-corrected chi connectivity index (χ2v) is 2.93. The van der Waals surface area contributed by atoms with E-state index in [0.717, 1.165) is 0 Å². The number of methoxy groups -OCH3 is 1. The zero-order valence-electron chi connectivity index (χ0n) is 6.93. The van der Waals surface area contributed by atoms with Gasteiger partial charge in [-0.25, -0.2) is 0 Å². The average molecular weight is 175 g/mol. The highest BCUT2D eigenvalue weighted by Crippen LogP contribution is 2.11. The number of rotatable bonds is 3. The maximum Gasteiger partial charge on any atom is 0.317 e. The third kappa shape index (κ3) is 2.17. The van der Waals surface area contributed by atoms with Gasteiger partial charge in [-0.2, -0.15) is 0 Å². The Morgan fingerprint density at radius 3 is 2.75 bits per heavy atom. The van der Waals surface area contributed by atoms with E-state index >= 15 is 0 Å². The van der Waals surface area contributed by atoms with Crippen LogP contribution < -0.4 is 0 Å². The second-order valence-electron chi connectivity index (χ2n) is 2.93. The molecule has 1 heterocycles. The van der Waals surface area contributed by atoms with Gasteiger partial charge in [0.25, 0.3) is 0 Å². The smallest absolute Gasteiger partial charge is 0.317 e. The fourth-order valence-corrected chi connectivity index (χ4v) is 1.38. The van der Waals surface area contributed by atoms with Gasteiger partial charge in [-0.3, -0.25) is 9.69 Å². The number of aliphatic hydroxyl groups excluding tert-OH is 1. The lowest BCUT2D eigenvalue weighted by atomic mass is 10.3. The summed E-state index contributed by atoms with van der Waals surface area (Å²) < 4.78 is 4.95. The Kier molecular flexibility index (Phi) is 3.02. The van der Waals surface area contributed by atoms with E-state index in [1.165, 1.54) is 7.11 Å². The zero-order chi connectivity index (χ0) is 9.14. The van der Waals surface area contributed by atoms with Crippen molar-refractivity contribution in [3.8, 4) is 0 Å². The molecule has 0 aromatic carbocycles. The first-order valence-corrected chi connectivity index (χ1v) is 3.78. The molecule has 0 amide bonds. The molecule has 0 radical (unpaired) electrons. The van der Waals surface area contributed by atoms with Crippen molar-refractivity contribution in [3.63, 3.8) is 0 Å². The molecular weight excluding hydrogens is 162 g/mol. The second kappa shape index (κ2) is 3.84. The molecule has 0 saturated carbocycles. The van der Waals surface area contributed by atoms with Crippen molar-refractivity contribution >= 4 is 5.97 Å². The van der Waals surface area contributed by atoms with Crippen LogP contribution in [0.3, 0.4) is 0 Å². The lowest BCUT2D eigenvalue weighted by Gasteiger charge is -2.11. The van der Waals surface area contributed by atoms with Gasteiger partial charge in [0.05, 0.1) is 18.8 Å². The minimum Gasteiger partial charge on any atom is -0.480 e. The molecule has 5 nitrogen and oxygen atoms in total. The number of carboxylic acids is 1. The van der Waals surface area contributed by atoms with Gasteiger partial charge < -0.3 is 14.9 Å². The third-order valence-corrected chi connectivity index (χ3v) is 1.97. The van der Waals surface area contributed by atoms with Gasteiger partial charge in [-0.05, 0) is 0 Å². The van der Waals surface area contributed by atoms with E-state index < -0.39 is 12.1 Å². The lowest BCUT2D eigenvalue weighted by Crippen LogP contribution is -2.28. The highest BCUT2D eigenvalue weighted by Gasteiger charge is 2.31. The van der Waals surface area contributed by atoms with Crippen LogP contribution in [0, 0.1) is 0 Å². The monoisotopic (exact) mass is 175 g/mol. The molecule has 2 N–H and O–H groups in total. The molecule has 0 unspecified atom stereocenters. The van der Waals surface area contributed by atoms with Gasteiger partial charge in [0.2, 0.25) is 0 Å². The van der Waals surface area contributed by atoms with Gasteiger partial charge in [0, 0.05) is 20.2 Å². The first kappa shape index (κ1) is 9.44. The quantitative estimate of drug-likeness (QED) is 0.561. The highest BCUT2D eigenvalue weighted by atomic mass is 16.5. The standard InChI is InChI=1S/C7H13NO4/c1-12-6-3-8(2-5(6)9)4-7(10)11/h5-6,9H,2-4H2,1H3,(H,10,11)/t5-,6+/m1/s1. The Hall–Kier alpha value is -0.650. The molecule has 0 aromatic rings. The number of likely N-dealkylation sites (tertiary alicyclic amines) is 1. The summed E-state index contributed by atoms with van der Waals surface area (Å²) in [4.78, 5) is 11.9. The molecule has 1 rings (SSSR count). The summed E-state index contributed by atoms with van der Waals surface area (Å²) in [5, 5.41) is 17.8. The Morgan fingerprint density at radius 1 is 1.67 bits per heavy atom. The number of aliphatic carboxylic acids is 1. The first-order valence-electron chi connectivity index (χ1n) is 3.78. The molecule has 1 fully saturated rings. The Labute approximate surface area is 70.5 Å². The van der Waals surface area contributed by atoms with Crippen LogP contribution in [0.4, 0.5) is 0 Å². The van der Waals surface area contributed by atoms with Crippen molar-refractivity contribution < 1.29 is 19.7 Å². The van der Waals surface area contributed by atoms with Crippen LogP contribution in [-0.4, -0.2) is 60.0 Å². The predicted octanol–water partition coefficient (Wildman–Crippen LogP) is -1.24. The minimum atomic E-state index is -0.876. The van der Waals surface area contributed by atoms with Crippen LogP contribution in [0.25, 0.3) is 0 Å². The third-order valence-electron chi connectivity index (χ3n) is 1.97. The SMILES string of the molecule is CO[C@H]1CN(CC(=O)O)C[C@H]1O. The van der Waals surface area contributed by atoms with Crippen molar-refractivity contribution in [1.29, 1.82) is 0 Å². The highest BCUT2D eigenvalue weighted by molar-refractivity contribution is 5.69. The molecule has 12 heavy (non-hydrogen) atoms. The molecule has 0 aliphatic carbocycles. The summed E-state index contributed by atoms with van der Waals surface area (Å²) in [6.07, 6.45) is -0.807. The molecule has 1 saturated heterocycles. The van der Waals surface area contributed by atoms with Crippen molar-refractivity contribution in [3.05, 3.63) is 0 Å². The molecular formula is C7H13NO4. The fraction of sp³-hybridized carbons (Fsp3) is 0.857. The van der Waals surface area contributed by atoms with E-state index in [4.69, 9.17) is 9.84 Å². The van der Waals surface area contributed by atoms with Crippen LogP contribution >= 0.6 is 0 Å². The summed E-state index contributed by atoms with van der Waals surface area (Å²) in [5.74, 6) is -0.876. The number of β-amino-alcohol motifs (C(OH)–C–C–N with tert-alkyl or cyclic N) is 1. The number of nitrogens with zero attached hydrogens (tertiary/aromatic N) is 1. The predicted molar refractivity (Wildman–Crippen MR) is 40.9 cm³/mol. The van der Waals surface area contributed by atoms with Crippen LogP contribution in [0.5, 0.6) is 0 Å². The number of carbonyl (C=O) groups is 1. The maximum absolute atomic E-state index is 10.3. The fourth-order valence-electron chi connectivity index (χ4n) is 1.38. The minimum absolute atomic E-state index is 0.0308. The largest absolute Gasteiger partial charge is 0.480 e. The summed E-state index contributed by atoms with van der Waals surface area (Å²) in [6.45, 7) is 0.839. The summed E-state index contributed by atoms with van der Waals surface area (Å²) >= 11 is 0. The molecule has 1 aliphatic heterocycles. The van der Waals surface area contributed by atoms with Gasteiger partial charge in [-0.1, -0.05) is 0 Å². The Balaban J connectivity index is 2.37. The molecule has 0 aromatic heterocycles. The zero-order valence-corrected chi connectivity index (χ0v) is 6.93. The van der Waals surface area contributed by atoms with E-state index in [1.807, 2.05) is 0 Å². The van der Waals surface area contributed by atoms with E-state index in [0.29, 0.717) is 13.1 Å². The Bertz CT molecular complexity index is 173. The summed E-state index contributed by atoms with van der Waals surface area (Å²) in [7, 11) is 1.51. The van der Waals surface area contributed by atoms with Gasteiger partial charge in [-0.15, -0.1) is 0 Å². The van der Waals surface area contributed by atoms with Gasteiger partial charge in [0.15, 0.2) is 0 Å². The summed E-state index contributed by atoms with van der Waals surface area (Å²) in [5.41, 5.74) is 0. The van der Waals surface area contributed by atoms with Crippen LogP contribution in [0.2, 0.25) is 0 Å². The summed E-state index contributed by atoms with van der Waals surface area (Å²) in [6, 6.07) is 0. The first-order chi connectivity index (χ1) is 5.63. The number of carboxylic acid groups (broad SMARTS) is 1. The van der Waals surface area contributed by atoms with Gasteiger partial charge in [0.1, 0.15) is 0 Å². The van der Waals surface area contributed by atoms with E-state index in [1.54, 1.807) is 4.90 Å². The van der Waals surface area contributed by atoms with Crippen molar-refractivity contribution in [1.82, 2.24) is 4.90 Å². The molecule has 0 bridgehead atoms. The van der Waals surface area contributed by atoms with E-state index in [9.17, 15) is 9.90 Å². The van der Waals surface area contributed by atoms with E-state index in [-0.39, 0.29) is 12.6 Å². The van der Waals surface area contributed by atoms with Crippen LogP contribution in [0.1, 0.15) is 0 Å². The van der Waals surface area contributed by atoms with Crippen molar-refractivity contribution in [2.24, 2.45) is 0 Å². The maximum atomic E-state index is 10.3. The van der Waals surface area contributed by atoms with E-state index in [2.05, 4.69) is 0 Å².